The van der Waals surface area contributed by atoms with Crippen LogP contribution in [0.4, 0.5) is 5.69 Å². The summed E-state index contributed by atoms with van der Waals surface area (Å²) in [5.74, 6) is 0.0599. The minimum absolute atomic E-state index is 0.0224. The normalized spacial score (nSPS) is 12.3. The highest BCUT2D eigenvalue weighted by Gasteiger charge is 2.17. The number of rotatable bonds is 7. The zero-order valence-electron chi connectivity index (χ0n) is 18.2. The van der Waals surface area contributed by atoms with E-state index in [4.69, 9.17) is 5.14 Å². The quantitative estimate of drug-likeness (QED) is 0.516. The van der Waals surface area contributed by atoms with E-state index in [-0.39, 0.29) is 22.0 Å². The molecule has 3 N–H and O–H groups in total. The summed E-state index contributed by atoms with van der Waals surface area (Å²) < 4.78 is 25.3. The second-order valence-corrected chi connectivity index (χ2v) is 10.9. The molecule has 3 rings (SSSR count). The van der Waals surface area contributed by atoms with Crippen molar-refractivity contribution >= 4 is 44.4 Å². The van der Waals surface area contributed by atoms with E-state index in [1.165, 1.54) is 29.5 Å². The summed E-state index contributed by atoms with van der Waals surface area (Å²) in [6.07, 6.45) is 0.877. The molecule has 1 aromatic heterocycles. The fourth-order valence-corrected chi connectivity index (χ4v) is 4.57. The summed E-state index contributed by atoms with van der Waals surface area (Å²) in [7, 11) is -3.80. The van der Waals surface area contributed by atoms with Gasteiger partial charge in [-0.2, -0.15) is 0 Å². The molecule has 7 nitrogen and oxygen atoms in total. The lowest BCUT2D eigenvalue weighted by atomic mass is 9.87. The van der Waals surface area contributed by atoms with Crippen molar-refractivity contribution in [3.8, 4) is 0 Å². The number of fused-ring (bicyclic) bond motifs is 1. The number of aryl methyl sites for hydroxylation is 1. The number of nitrogens with zero attached hydrogens (tertiary/aromatic N) is 2. The molecular weight excluding hydrogens is 432 g/mol. The number of aromatic nitrogens is 2. The summed E-state index contributed by atoms with van der Waals surface area (Å²) in [5.41, 5.74) is 3.36. The van der Waals surface area contributed by atoms with Crippen molar-refractivity contribution in [1.82, 2.24) is 9.55 Å². The number of carbonyl (C=O) groups is 1. The van der Waals surface area contributed by atoms with Crippen LogP contribution in [-0.2, 0) is 26.8 Å². The van der Waals surface area contributed by atoms with Crippen molar-refractivity contribution in [2.75, 3.05) is 11.1 Å². The standard InChI is InChI=1S/C22H28N4O3S2/c1-5-12-26-19-11-10-17(31(23,28)29)13-18(19)25-21(26)30-14-20(27)24-16-8-6-15(7-9-16)22(2,3)4/h6-11,13H,5,12,14H2,1-4H3,(H,24,27)(H2,23,28,29). The first-order valence-electron chi connectivity index (χ1n) is 10.1. The molecule has 0 saturated heterocycles. The first-order chi connectivity index (χ1) is 14.5. The van der Waals surface area contributed by atoms with Crippen LogP contribution in [-0.4, -0.2) is 29.6 Å². The van der Waals surface area contributed by atoms with Crippen LogP contribution < -0.4 is 10.5 Å². The lowest BCUT2D eigenvalue weighted by Gasteiger charge is -2.19. The number of thioether (sulfide) groups is 1. The molecule has 0 spiro atoms. The third kappa shape index (κ3) is 5.66. The molecule has 0 bridgehead atoms. The van der Waals surface area contributed by atoms with Crippen LogP contribution in [0.2, 0.25) is 0 Å². The third-order valence-corrected chi connectivity index (χ3v) is 6.71. The van der Waals surface area contributed by atoms with Gasteiger partial charge in [-0.15, -0.1) is 0 Å². The van der Waals surface area contributed by atoms with Gasteiger partial charge in [0, 0.05) is 12.2 Å². The second-order valence-electron chi connectivity index (χ2n) is 8.41. The van der Waals surface area contributed by atoms with Crippen LogP contribution in [0.15, 0.2) is 52.5 Å². The van der Waals surface area contributed by atoms with Gasteiger partial charge in [-0.25, -0.2) is 18.5 Å². The average molecular weight is 461 g/mol. The highest BCUT2D eigenvalue weighted by Crippen LogP contribution is 2.27. The lowest BCUT2D eigenvalue weighted by molar-refractivity contribution is -0.113. The Bertz CT molecular complexity index is 1190. The van der Waals surface area contributed by atoms with Gasteiger partial charge in [-0.05, 0) is 47.7 Å². The van der Waals surface area contributed by atoms with Gasteiger partial charge in [-0.3, -0.25) is 4.79 Å². The van der Waals surface area contributed by atoms with E-state index in [0.29, 0.717) is 17.2 Å². The molecule has 0 saturated carbocycles. The van der Waals surface area contributed by atoms with Crippen LogP contribution in [0.1, 0.15) is 39.7 Å². The number of imidazole rings is 1. The monoisotopic (exact) mass is 460 g/mol. The molecule has 0 aliphatic rings. The van der Waals surface area contributed by atoms with E-state index in [1.807, 2.05) is 35.8 Å². The zero-order valence-corrected chi connectivity index (χ0v) is 19.8. The van der Waals surface area contributed by atoms with Crippen LogP contribution >= 0.6 is 11.8 Å². The van der Waals surface area contributed by atoms with E-state index >= 15 is 0 Å². The van der Waals surface area contributed by atoms with Crippen LogP contribution in [0.25, 0.3) is 11.0 Å². The van der Waals surface area contributed by atoms with Crippen LogP contribution in [0, 0.1) is 0 Å². The molecule has 3 aromatic rings. The van der Waals surface area contributed by atoms with E-state index in [0.717, 1.165) is 17.6 Å². The molecule has 0 radical (unpaired) electrons. The van der Waals surface area contributed by atoms with Crippen LogP contribution in [0.3, 0.4) is 0 Å². The summed E-state index contributed by atoms with van der Waals surface area (Å²) in [6.45, 7) is 9.19. The summed E-state index contributed by atoms with van der Waals surface area (Å²) in [6, 6.07) is 12.5. The van der Waals surface area contributed by atoms with Gasteiger partial charge in [0.1, 0.15) is 0 Å². The summed E-state index contributed by atoms with van der Waals surface area (Å²) in [4.78, 5) is 17.0. The molecule has 2 aromatic carbocycles. The Morgan fingerprint density at radius 3 is 2.42 bits per heavy atom. The predicted molar refractivity (Wildman–Crippen MR) is 126 cm³/mol. The second kappa shape index (κ2) is 9.02. The highest BCUT2D eigenvalue weighted by atomic mass is 32.2. The predicted octanol–water partition coefficient (Wildman–Crippen LogP) is 4.12. The molecule has 1 heterocycles. The fourth-order valence-electron chi connectivity index (χ4n) is 3.20. The number of nitrogens with one attached hydrogen (secondary N) is 1. The van der Waals surface area contributed by atoms with Crippen molar-refractivity contribution in [2.45, 2.75) is 56.1 Å². The number of nitrogens with two attached hydrogens (primary N) is 1. The molecule has 1 amide bonds. The Morgan fingerprint density at radius 1 is 1.16 bits per heavy atom. The van der Waals surface area contributed by atoms with Crippen molar-refractivity contribution in [2.24, 2.45) is 5.14 Å². The molecule has 0 unspecified atom stereocenters. The first-order valence-corrected chi connectivity index (χ1v) is 12.6. The number of benzene rings is 2. The van der Waals surface area contributed by atoms with Gasteiger partial charge >= 0.3 is 0 Å². The molecule has 0 aliphatic carbocycles. The lowest BCUT2D eigenvalue weighted by Crippen LogP contribution is -2.15. The summed E-state index contributed by atoms with van der Waals surface area (Å²) >= 11 is 1.32. The minimum atomic E-state index is -3.80. The Hall–Kier alpha value is -2.36. The number of amides is 1. The zero-order chi connectivity index (χ0) is 22.8. The topological polar surface area (TPSA) is 107 Å². The van der Waals surface area contributed by atoms with Gasteiger partial charge in [0.25, 0.3) is 0 Å². The molecule has 31 heavy (non-hydrogen) atoms. The SMILES string of the molecule is CCCn1c(SCC(=O)Nc2ccc(C(C)(C)C)cc2)nc2cc(S(N)(=O)=O)ccc21. The summed E-state index contributed by atoms with van der Waals surface area (Å²) in [5, 5.41) is 8.82. The maximum Gasteiger partial charge on any atom is 0.238 e. The minimum Gasteiger partial charge on any atom is -0.325 e. The number of anilines is 1. The van der Waals surface area contributed by atoms with Crippen molar-refractivity contribution < 1.29 is 13.2 Å². The van der Waals surface area contributed by atoms with Crippen molar-refractivity contribution in [3.63, 3.8) is 0 Å². The Kier molecular flexibility index (Phi) is 6.78. The van der Waals surface area contributed by atoms with Crippen molar-refractivity contribution in [1.29, 1.82) is 0 Å². The number of sulfonamides is 1. The van der Waals surface area contributed by atoms with Gasteiger partial charge in [0.05, 0.1) is 21.7 Å². The number of carbonyl (C=O) groups excluding carboxylic acids is 1. The van der Waals surface area contributed by atoms with E-state index in [9.17, 15) is 13.2 Å². The molecular formula is C22H28N4O3S2. The molecule has 0 aliphatic heterocycles. The number of hydrogen-bond donors (Lipinski definition) is 2. The largest absolute Gasteiger partial charge is 0.325 e. The van der Waals surface area contributed by atoms with Crippen LogP contribution in [0.5, 0.6) is 0 Å². The Labute approximate surface area is 187 Å². The highest BCUT2D eigenvalue weighted by molar-refractivity contribution is 7.99. The van der Waals surface area contributed by atoms with Gasteiger partial charge in [0.2, 0.25) is 15.9 Å². The number of primary sulfonamides is 1. The number of hydrogen-bond acceptors (Lipinski definition) is 5. The Morgan fingerprint density at radius 2 is 1.84 bits per heavy atom. The smallest absolute Gasteiger partial charge is 0.238 e. The van der Waals surface area contributed by atoms with Crippen molar-refractivity contribution in [3.05, 3.63) is 48.0 Å². The van der Waals surface area contributed by atoms with Gasteiger partial charge < -0.3 is 9.88 Å². The Balaban J connectivity index is 1.74. The molecule has 0 fully saturated rings. The molecule has 166 valence electrons. The first kappa shape index (κ1) is 23.3. The van der Waals surface area contributed by atoms with Gasteiger partial charge in [-0.1, -0.05) is 51.6 Å². The third-order valence-electron chi connectivity index (χ3n) is 4.83. The molecule has 0 atom stereocenters. The average Bonchev–Trinajstić information content (AvgIpc) is 3.03. The maximum absolute atomic E-state index is 12.5. The maximum atomic E-state index is 12.5. The molecule has 9 heteroatoms. The van der Waals surface area contributed by atoms with E-state index < -0.39 is 10.0 Å². The van der Waals surface area contributed by atoms with E-state index in [1.54, 1.807) is 6.07 Å². The fraction of sp³-hybridized carbons (Fsp3) is 0.364. The van der Waals surface area contributed by atoms with Gasteiger partial charge in [0.15, 0.2) is 5.16 Å². The van der Waals surface area contributed by atoms with E-state index in [2.05, 4.69) is 31.1 Å².